The highest BCUT2D eigenvalue weighted by atomic mass is 19.3. The van der Waals surface area contributed by atoms with Gasteiger partial charge in [-0.1, -0.05) is 6.08 Å². The van der Waals surface area contributed by atoms with Crippen molar-refractivity contribution in [3.05, 3.63) is 42.9 Å². The Hall–Kier alpha value is -2.97. The minimum atomic E-state index is -2.85. The van der Waals surface area contributed by atoms with Crippen LogP contribution in [0.1, 0.15) is 24.6 Å². The van der Waals surface area contributed by atoms with Gasteiger partial charge in [0.2, 0.25) is 0 Å². The highest BCUT2D eigenvalue weighted by Crippen LogP contribution is 2.30. The summed E-state index contributed by atoms with van der Waals surface area (Å²) in [5.74, 6) is 0. The second-order valence-electron chi connectivity index (χ2n) is 4.70. The molecule has 2 rings (SSSR count). The number of amides is 1. The zero-order chi connectivity index (χ0) is 17.0. The third-order valence-corrected chi connectivity index (χ3v) is 3.14. The van der Waals surface area contributed by atoms with E-state index in [1.54, 1.807) is 12.1 Å². The number of nitrogen functional groups attached to an aromatic ring is 1. The lowest BCUT2D eigenvalue weighted by Crippen LogP contribution is -2.26. The number of halogens is 2. The second-order valence-corrected chi connectivity index (χ2v) is 4.70. The Morgan fingerprint density at radius 3 is 2.83 bits per heavy atom. The monoisotopic (exact) mass is 323 g/mol. The van der Waals surface area contributed by atoms with Crippen molar-refractivity contribution in [1.29, 1.82) is 0 Å². The van der Waals surface area contributed by atoms with E-state index in [4.69, 9.17) is 10.8 Å². The molecule has 23 heavy (non-hydrogen) atoms. The fraction of sp³-hybridized carbons (Fsp3) is 0.214. The van der Waals surface area contributed by atoms with Crippen LogP contribution in [0.15, 0.2) is 37.3 Å². The molecule has 122 valence electrons. The van der Waals surface area contributed by atoms with E-state index in [2.05, 4.69) is 22.0 Å². The number of nitrogens with two attached hydrogens (primary N) is 1. The Morgan fingerprint density at radius 2 is 2.22 bits per heavy atom. The van der Waals surface area contributed by atoms with Crippen LogP contribution in [-0.2, 0) is 0 Å². The van der Waals surface area contributed by atoms with Crippen LogP contribution >= 0.6 is 0 Å². The summed E-state index contributed by atoms with van der Waals surface area (Å²) in [5.41, 5.74) is 6.64. The van der Waals surface area contributed by atoms with Gasteiger partial charge in [0, 0.05) is 18.0 Å². The number of alkyl halides is 2. The molecule has 4 N–H and O–H groups in total. The molecule has 0 aromatic carbocycles. The lowest BCUT2D eigenvalue weighted by Gasteiger charge is -2.16. The number of hydrogen-bond donors (Lipinski definition) is 3. The predicted molar refractivity (Wildman–Crippen MR) is 79.8 cm³/mol. The van der Waals surface area contributed by atoms with Crippen molar-refractivity contribution in [2.45, 2.75) is 19.0 Å². The quantitative estimate of drug-likeness (QED) is 0.709. The number of carboxylic acid groups (broad SMARTS) is 1. The Bertz CT molecular complexity index is 717. The van der Waals surface area contributed by atoms with E-state index < -0.39 is 18.7 Å². The molecular formula is C14H15F2N5O2. The largest absolute Gasteiger partial charge is 0.465 e. The summed E-state index contributed by atoms with van der Waals surface area (Å²) in [7, 11) is 0. The average molecular weight is 323 g/mol. The van der Waals surface area contributed by atoms with E-state index in [-0.39, 0.29) is 11.4 Å². The van der Waals surface area contributed by atoms with Crippen LogP contribution in [0.3, 0.4) is 0 Å². The Balaban J connectivity index is 2.45. The van der Waals surface area contributed by atoms with Gasteiger partial charge in [-0.2, -0.15) is 13.9 Å². The van der Waals surface area contributed by atoms with E-state index in [1.165, 1.54) is 12.4 Å². The molecule has 0 aliphatic rings. The second kappa shape index (κ2) is 6.86. The molecule has 0 spiro atoms. The molecule has 0 saturated heterocycles. The molecule has 2 heterocycles. The third kappa shape index (κ3) is 3.62. The summed E-state index contributed by atoms with van der Waals surface area (Å²) in [4.78, 5) is 14.9. The first-order chi connectivity index (χ1) is 10.9. The summed E-state index contributed by atoms with van der Waals surface area (Å²) in [5, 5.41) is 14.8. The van der Waals surface area contributed by atoms with Gasteiger partial charge in [0.1, 0.15) is 0 Å². The number of nitrogens with zero attached hydrogens (tertiary/aromatic N) is 3. The van der Waals surface area contributed by atoms with Gasteiger partial charge >= 0.3 is 12.6 Å². The van der Waals surface area contributed by atoms with Gasteiger partial charge in [0.25, 0.3) is 0 Å². The van der Waals surface area contributed by atoms with Gasteiger partial charge in [-0.05, 0) is 18.1 Å². The smallest absolute Gasteiger partial charge is 0.405 e. The Labute approximate surface area is 130 Å². The summed E-state index contributed by atoms with van der Waals surface area (Å²) in [6, 6.07) is 0.949. The molecule has 0 radical (unpaired) electrons. The average Bonchev–Trinajstić information content (AvgIpc) is 2.88. The van der Waals surface area contributed by atoms with E-state index in [0.717, 1.165) is 6.20 Å². The van der Waals surface area contributed by atoms with Gasteiger partial charge < -0.3 is 16.2 Å². The van der Waals surface area contributed by atoms with Crippen LogP contribution in [0.2, 0.25) is 0 Å². The SMILES string of the molecule is C=CCC(NC(=O)O)c1cncc(-c2c(N)cnn2C(F)F)c1. The van der Waals surface area contributed by atoms with Gasteiger partial charge in [0.15, 0.2) is 0 Å². The molecule has 1 atom stereocenters. The molecule has 2 aromatic heterocycles. The van der Waals surface area contributed by atoms with E-state index >= 15 is 0 Å². The zero-order valence-electron chi connectivity index (χ0n) is 12.0. The molecule has 7 nitrogen and oxygen atoms in total. The molecule has 9 heteroatoms. The zero-order valence-corrected chi connectivity index (χ0v) is 12.0. The van der Waals surface area contributed by atoms with E-state index in [1.807, 2.05) is 0 Å². The number of nitrogens with one attached hydrogen (secondary N) is 1. The number of hydrogen-bond acceptors (Lipinski definition) is 4. The molecule has 0 aliphatic carbocycles. The highest BCUT2D eigenvalue weighted by molar-refractivity contribution is 5.72. The summed E-state index contributed by atoms with van der Waals surface area (Å²) in [6.07, 6.45) is 4.60. The molecule has 0 aliphatic heterocycles. The van der Waals surface area contributed by atoms with Crippen molar-refractivity contribution in [1.82, 2.24) is 20.1 Å². The van der Waals surface area contributed by atoms with E-state index in [9.17, 15) is 13.6 Å². The van der Waals surface area contributed by atoms with Crippen molar-refractivity contribution in [3.63, 3.8) is 0 Å². The van der Waals surface area contributed by atoms with Crippen LogP contribution < -0.4 is 11.1 Å². The molecule has 2 aromatic rings. The maximum atomic E-state index is 13.0. The maximum absolute atomic E-state index is 13.0. The standard InChI is InChI=1S/C14H15F2N5O2/c1-2-3-11(20-14(22)23)8-4-9(6-18-5-8)12-10(17)7-19-21(12)13(15)16/h2,4-7,11,13,20H,1,3,17H2,(H,22,23). The van der Waals surface area contributed by atoms with Crippen molar-refractivity contribution in [2.75, 3.05) is 5.73 Å². The molecule has 0 fully saturated rings. The molecule has 0 saturated carbocycles. The summed E-state index contributed by atoms with van der Waals surface area (Å²) in [6.45, 7) is 0.716. The lowest BCUT2D eigenvalue weighted by atomic mass is 10.0. The fourth-order valence-corrected chi connectivity index (χ4v) is 2.19. The predicted octanol–water partition coefficient (Wildman–Crippen LogP) is 2.81. The topological polar surface area (TPSA) is 106 Å². The van der Waals surface area contributed by atoms with Crippen LogP contribution in [0.5, 0.6) is 0 Å². The Kier molecular flexibility index (Phi) is 4.89. The first kappa shape index (κ1) is 16.4. The highest BCUT2D eigenvalue weighted by Gasteiger charge is 2.19. The molecule has 1 amide bonds. The molecule has 1 unspecified atom stereocenters. The molecule has 0 bridgehead atoms. The van der Waals surface area contributed by atoms with Crippen LogP contribution in [-0.4, -0.2) is 26.0 Å². The fourth-order valence-electron chi connectivity index (χ4n) is 2.19. The van der Waals surface area contributed by atoms with E-state index in [0.29, 0.717) is 22.2 Å². The van der Waals surface area contributed by atoms with Gasteiger partial charge in [-0.25, -0.2) is 9.48 Å². The summed E-state index contributed by atoms with van der Waals surface area (Å²) >= 11 is 0. The van der Waals surface area contributed by atoms with Crippen LogP contribution in [0, 0.1) is 0 Å². The minimum absolute atomic E-state index is 0.0297. The minimum Gasteiger partial charge on any atom is -0.465 e. The first-order valence-electron chi connectivity index (χ1n) is 6.60. The van der Waals surface area contributed by atoms with Crippen molar-refractivity contribution in [2.24, 2.45) is 0 Å². The first-order valence-corrected chi connectivity index (χ1v) is 6.60. The number of anilines is 1. The maximum Gasteiger partial charge on any atom is 0.405 e. The normalized spacial score (nSPS) is 12.1. The summed E-state index contributed by atoms with van der Waals surface area (Å²) < 4.78 is 26.5. The van der Waals surface area contributed by atoms with Crippen molar-refractivity contribution in [3.8, 4) is 11.3 Å². The van der Waals surface area contributed by atoms with Gasteiger partial charge in [-0.15, -0.1) is 6.58 Å². The Morgan fingerprint density at radius 1 is 1.48 bits per heavy atom. The number of pyridine rings is 1. The van der Waals surface area contributed by atoms with Crippen LogP contribution in [0.25, 0.3) is 11.3 Å². The lowest BCUT2D eigenvalue weighted by molar-refractivity contribution is 0.0585. The van der Waals surface area contributed by atoms with Gasteiger partial charge in [-0.3, -0.25) is 4.98 Å². The number of rotatable bonds is 6. The third-order valence-electron chi connectivity index (χ3n) is 3.14. The molecular weight excluding hydrogens is 308 g/mol. The van der Waals surface area contributed by atoms with Crippen LogP contribution in [0.4, 0.5) is 19.3 Å². The van der Waals surface area contributed by atoms with Crippen molar-refractivity contribution < 1.29 is 18.7 Å². The van der Waals surface area contributed by atoms with Gasteiger partial charge in [0.05, 0.1) is 23.6 Å². The van der Waals surface area contributed by atoms with Crippen molar-refractivity contribution >= 4 is 11.8 Å². The number of aromatic nitrogens is 3. The number of carbonyl (C=O) groups is 1.